The topological polar surface area (TPSA) is 4.93 Å². The average Bonchev–Trinajstić information content (AvgIpc) is 3.51. The van der Waals surface area contributed by atoms with Crippen LogP contribution >= 0.6 is 39.5 Å². The summed E-state index contributed by atoms with van der Waals surface area (Å²) in [5, 5.41) is 5.14. The maximum Gasteiger partial charge on any atom is 0.0553 e. The predicted octanol–water partition coefficient (Wildman–Crippen LogP) is 14.3. The van der Waals surface area contributed by atoms with E-state index in [1.807, 2.05) is 23.5 Å². The zero-order valence-corrected chi connectivity index (χ0v) is 30.0. The maximum absolute atomic E-state index is 3.77. The second-order valence-corrected chi connectivity index (χ2v) is 15.8. The fraction of sp³-hybridized carbons (Fsp3) is 0. The summed E-state index contributed by atoms with van der Waals surface area (Å²) >= 11 is 7.52. The van der Waals surface area contributed by atoms with Crippen LogP contribution < -0.4 is 0 Å². The summed E-state index contributed by atoms with van der Waals surface area (Å²) in [5.74, 6) is 0. The minimum absolute atomic E-state index is 1.08. The molecule has 1 nitrogen and oxygen atoms in total. The standard InChI is InChI=1S/C46H28BrNS2/c47-34-24-32(29-11-3-1-4-12-29)23-33(25-34)30-19-21-42-44(26-30)49-43-22-20-31(27-45(43)50-42)39-28-41-46(37-16-8-7-15-36(37)39)38-17-9-10-18-40(38)48(41)35-13-5-2-6-14-35/h1-28H. The van der Waals surface area contributed by atoms with E-state index in [0.717, 1.165) is 4.47 Å². The van der Waals surface area contributed by atoms with Crippen molar-refractivity contribution < 1.29 is 0 Å². The van der Waals surface area contributed by atoms with E-state index in [4.69, 9.17) is 0 Å². The summed E-state index contributed by atoms with van der Waals surface area (Å²) in [4.78, 5) is 5.19. The number of hydrogen-bond donors (Lipinski definition) is 0. The van der Waals surface area contributed by atoms with Crippen LogP contribution in [0.25, 0.3) is 71.6 Å². The molecule has 9 aromatic rings. The van der Waals surface area contributed by atoms with Crippen molar-refractivity contribution in [2.24, 2.45) is 0 Å². The molecule has 0 fully saturated rings. The Hall–Kier alpha value is -5.00. The molecule has 0 unspecified atom stereocenters. The fourth-order valence-electron chi connectivity index (χ4n) is 7.41. The number of rotatable bonds is 4. The SMILES string of the molecule is Brc1cc(-c2ccccc2)cc(-c2ccc3c(c2)Sc2ccc(-c4cc5c(c6ccccc46)c4ccccc4n5-c4ccccc4)cc2S3)c1. The smallest absolute Gasteiger partial charge is 0.0553 e. The molecule has 8 aromatic carbocycles. The van der Waals surface area contributed by atoms with Crippen LogP contribution in [0.1, 0.15) is 0 Å². The van der Waals surface area contributed by atoms with Crippen LogP contribution in [-0.2, 0) is 0 Å². The minimum atomic E-state index is 1.08. The Balaban J connectivity index is 1.07. The molecule has 0 saturated carbocycles. The van der Waals surface area contributed by atoms with Crippen molar-refractivity contribution in [1.82, 2.24) is 4.57 Å². The van der Waals surface area contributed by atoms with Gasteiger partial charge in [-0.3, -0.25) is 0 Å². The number of aromatic nitrogens is 1. The third kappa shape index (κ3) is 5.01. The van der Waals surface area contributed by atoms with E-state index < -0.39 is 0 Å². The van der Waals surface area contributed by atoms with Gasteiger partial charge < -0.3 is 4.57 Å². The van der Waals surface area contributed by atoms with Crippen LogP contribution in [0.4, 0.5) is 0 Å². The first kappa shape index (κ1) is 29.9. The Bertz CT molecular complexity index is 2770. The zero-order valence-electron chi connectivity index (χ0n) is 26.8. The normalized spacial score (nSPS) is 12.3. The highest BCUT2D eigenvalue weighted by atomic mass is 79.9. The Morgan fingerprint density at radius 2 is 0.960 bits per heavy atom. The van der Waals surface area contributed by atoms with Crippen molar-refractivity contribution in [2.75, 3.05) is 0 Å². The van der Waals surface area contributed by atoms with Crippen LogP contribution in [0.15, 0.2) is 194 Å². The van der Waals surface area contributed by atoms with Crippen molar-refractivity contribution >= 4 is 72.0 Å². The fourth-order valence-corrected chi connectivity index (χ4v) is 10.2. The van der Waals surface area contributed by atoms with Gasteiger partial charge in [0.25, 0.3) is 0 Å². The molecule has 0 atom stereocenters. The van der Waals surface area contributed by atoms with Gasteiger partial charge in [-0.2, -0.15) is 0 Å². The predicted molar refractivity (Wildman–Crippen MR) is 217 cm³/mol. The monoisotopic (exact) mass is 737 g/mol. The first-order valence-corrected chi connectivity index (χ1v) is 19.1. The number of fused-ring (bicyclic) bond motifs is 7. The van der Waals surface area contributed by atoms with Gasteiger partial charge in [-0.15, -0.1) is 0 Å². The van der Waals surface area contributed by atoms with Crippen LogP contribution in [-0.4, -0.2) is 4.57 Å². The summed E-state index contributed by atoms with van der Waals surface area (Å²) in [6.45, 7) is 0. The van der Waals surface area contributed by atoms with Crippen LogP contribution in [0.5, 0.6) is 0 Å². The third-order valence-electron chi connectivity index (χ3n) is 9.67. The van der Waals surface area contributed by atoms with Crippen molar-refractivity contribution in [3.8, 4) is 39.1 Å². The lowest BCUT2D eigenvalue weighted by molar-refractivity contribution is 1.16. The first-order chi connectivity index (χ1) is 24.7. The number of benzene rings is 8. The van der Waals surface area contributed by atoms with Crippen molar-refractivity contribution in [3.05, 3.63) is 174 Å². The minimum Gasteiger partial charge on any atom is -0.309 e. The molecule has 0 amide bonds. The van der Waals surface area contributed by atoms with Gasteiger partial charge in [0.1, 0.15) is 0 Å². The highest BCUT2D eigenvalue weighted by molar-refractivity contribution is 9.10. The molecule has 50 heavy (non-hydrogen) atoms. The van der Waals surface area contributed by atoms with E-state index in [1.54, 1.807) is 0 Å². The Morgan fingerprint density at radius 1 is 0.380 bits per heavy atom. The summed E-state index contributed by atoms with van der Waals surface area (Å²) in [5.41, 5.74) is 11.0. The molecule has 0 bridgehead atoms. The van der Waals surface area contributed by atoms with E-state index in [9.17, 15) is 0 Å². The van der Waals surface area contributed by atoms with Gasteiger partial charge in [0, 0.05) is 40.5 Å². The molecule has 10 rings (SSSR count). The van der Waals surface area contributed by atoms with Gasteiger partial charge in [0.15, 0.2) is 0 Å². The molecule has 1 aliphatic rings. The second-order valence-electron chi connectivity index (χ2n) is 12.7. The summed E-state index contributed by atoms with van der Waals surface area (Å²) in [7, 11) is 0. The lowest BCUT2D eigenvalue weighted by Crippen LogP contribution is -1.94. The molecule has 1 aromatic heterocycles. The van der Waals surface area contributed by atoms with Crippen LogP contribution in [0, 0.1) is 0 Å². The van der Waals surface area contributed by atoms with E-state index in [2.05, 4.69) is 190 Å². The van der Waals surface area contributed by atoms with Crippen LogP contribution in [0.3, 0.4) is 0 Å². The quantitative estimate of drug-likeness (QED) is 0.177. The van der Waals surface area contributed by atoms with E-state index in [1.165, 1.54) is 91.2 Å². The number of hydrogen-bond acceptors (Lipinski definition) is 2. The van der Waals surface area contributed by atoms with Gasteiger partial charge in [-0.05, 0) is 111 Å². The first-order valence-electron chi connectivity index (χ1n) is 16.7. The molecule has 0 spiro atoms. The van der Waals surface area contributed by atoms with E-state index in [-0.39, 0.29) is 0 Å². The third-order valence-corrected chi connectivity index (χ3v) is 12.7. The molecular formula is C46H28BrNS2. The number of nitrogens with zero attached hydrogens (tertiary/aromatic N) is 1. The molecule has 236 valence electrons. The molecule has 0 aliphatic carbocycles. The van der Waals surface area contributed by atoms with Crippen molar-refractivity contribution in [3.63, 3.8) is 0 Å². The highest BCUT2D eigenvalue weighted by Gasteiger charge is 2.21. The van der Waals surface area contributed by atoms with Gasteiger partial charge in [0.05, 0.1) is 11.0 Å². The molecule has 4 heteroatoms. The van der Waals surface area contributed by atoms with Crippen LogP contribution in [0.2, 0.25) is 0 Å². The maximum atomic E-state index is 3.77. The zero-order chi connectivity index (χ0) is 33.2. The molecule has 1 aliphatic heterocycles. The molecular weight excluding hydrogens is 711 g/mol. The van der Waals surface area contributed by atoms with E-state index >= 15 is 0 Å². The summed E-state index contributed by atoms with van der Waals surface area (Å²) < 4.78 is 3.51. The lowest BCUT2D eigenvalue weighted by Gasteiger charge is -2.21. The second kappa shape index (κ2) is 12.1. The number of para-hydroxylation sites is 2. The lowest BCUT2D eigenvalue weighted by atomic mass is 9.95. The molecule has 0 saturated heterocycles. The van der Waals surface area contributed by atoms with Gasteiger partial charge in [-0.1, -0.05) is 143 Å². The molecule has 0 radical (unpaired) electrons. The highest BCUT2D eigenvalue weighted by Crippen LogP contribution is 2.51. The molecule has 2 heterocycles. The van der Waals surface area contributed by atoms with E-state index in [0.29, 0.717) is 0 Å². The largest absolute Gasteiger partial charge is 0.309 e. The summed E-state index contributed by atoms with van der Waals surface area (Å²) in [6, 6.07) is 62.1. The van der Waals surface area contributed by atoms with Gasteiger partial charge in [-0.25, -0.2) is 0 Å². The number of halogens is 1. The molecule has 0 N–H and O–H groups in total. The summed E-state index contributed by atoms with van der Waals surface area (Å²) in [6.07, 6.45) is 0. The Kier molecular flexibility index (Phi) is 7.23. The van der Waals surface area contributed by atoms with Gasteiger partial charge in [0.2, 0.25) is 0 Å². The average molecular weight is 739 g/mol. The Labute approximate surface area is 307 Å². The van der Waals surface area contributed by atoms with Crippen molar-refractivity contribution in [1.29, 1.82) is 0 Å². The Morgan fingerprint density at radius 3 is 1.70 bits per heavy atom. The van der Waals surface area contributed by atoms with Gasteiger partial charge >= 0.3 is 0 Å². The van der Waals surface area contributed by atoms with Crippen molar-refractivity contribution in [2.45, 2.75) is 19.6 Å².